The molecule has 0 aliphatic heterocycles. The second-order valence-corrected chi connectivity index (χ2v) is 0. The maximum atomic E-state index is 6.62. The van der Waals surface area contributed by atoms with Gasteiger partial charge in [-0.2, -0.15) is 0 Å². The van der Waals surface area contributed by atoms with Crippen molar-refractivity contribution in [3.63, 3.8) is 0 Å². The van der Waals surface area contributed by atoms with Crippen molar-refractivity contribution >= 4 is 0 Å². The monoisotopic (exact) mass is 189 g/mol. The summed E-state index contributed by atoms with van der Waals surface area (Å²) in [5, 5.41) is 0. The minimum absolute atomic E-state index is 0. The van der Waals surface area contributed by atoms with Crippen LogP contribution in [0.3, 0.4) is 0 Å². The second kappa shape index (κ2) is 24.8. The molecule has 0 spiro atoms. The van der Waals surface area contributed by atoms with Crippen molar-refractivity contribution in [3.8, 4) is 0 Å². The Kier molecular flexibility index (Phi) is 111. The minimum atomic E-state index is 0. The number of rotatable bonds is 0. The Morgan fingerprint density at radius 1 is 1.25 bits per heavy atom. The first kappa shape index (κ1) is 17.9. The molecule has 33 valence electrons. The van der Waals surface area contributed by atoms with Crippen LogP contribution in [-0.2, 0) is 49.6 Å². The van der Waals surface area contributed by atoms with E-state index < -0.39 is 0 Å². The number of hydrogen-bond donors (Lipinski definition) is 1. The Bertz CT molecular complexity index is 8.00. The molecule has 0 atom stereocenters. The third-order valence-electron chi connectivity index (χ3n) is 0. The summed E-state index contributed by atoms with van der Waals surface area (Å²) in [5.74, 6) is 0. The Morgan fingerprint density at radius 3 is 1.25 bits per heavy atom. The van der Waals surface area contributed by atoms with Crippen molar-refractivity contribution in [3.05, 3.63) is 0 Å². The Hall–Kier alpha value is 1.48. The average molecular weight is 190 g/mol. The molecule has 0 aromatic rings. The van der Waals surface area contributed by atoms with Crippen LogP contribution in [0.1, 0.15) is 0 Å². The van der Waals surface area contributed by atoms with Crippen molar-refractivity contribution in [2.24, 2.45) is 0 Å². The van der Waals surface area contributed by atoms with E-state index in [1.165, 1.54) is 0 Å². The molecule has 4 heavy (non-hydrogen) atoms. The fourth-order valence-corrected chi connectivity index (χ4v) is 0. The third kappa shape index (κ3) is 9.77. The first-order valence-corrected chi connectivity index (χ1v) is 0.583. The molecule has 0 amide bonds. The molecule has 0 saturated heterocycles. The normalized spacial score (nSPS) is 1.75. The van der Waals surface area contributed by atoms with Crippen molar-refractivity contribution in [2.75, 3.05) is 0 Å². The van der Waals surface area contributed by atoms with Crippen LogP contribution in [-0.4, -0.2) is 4.25 Å². The zero-order valence-electron chi connectivity index (χ0n) is 1.47. The molecular weight excluding hydrogens is 189 g/mol. The van der Waals surface area contributed by atoms with Gasteiger partial charge >= 0.3 is 20.0 Å². The topological polar surface area (TPSA) is 20.2 Å². The predicted molar refractivity (Wildman–Crippen MR) is 2.22 cm³/mol. The molecule has 0 saturated carbocycles. The summed E-state index contributed by atoms with van der Waals surface area (Å²) < 4.78 is 6.62. The van der Waals surface area contributed by atoms with Gasteiger partial charge < -0.3 is 0 Å². The van der Waals surface area contributed by atoms with Crippen LogP contribution < -0.4 is 0 Å². The van der Waals surface area contributed by atoms with Gasteiger partial charge in [0.05, 0.1) is 0 Å². The summed E-state index contributed by atoms with van der Waals surface area (Å²) in [6.07, 6.45) is 0. The van der Waals surface area contributed by atoms with Crippen LogP contribution in [0, 0.1) is 0 Å². The molecule has 4 heteroatoms. The summed E-state index contributed by atoms with van der Waals surface area (Å²) >= 11 is 2.88. The molecular formula is HCoMnNiO. The fourth-order valence-electron chi connectivity index (χ4n) is 0. The molecule has 0 unspecified atom stereocenters. The van der Waals surface area contributed by atoms with Crippen LogP contribution in [0.2, 0.25) is 0 Å². The summed E-state index contributed by atoms with van der Waals surface area (Å²) in [7, 11) is 0. The Balaban J connectivity index is -0.00000000500. The molecule has 0 fully saturated rings. The molecule has 0 heterocycles. The van der Waals surface area contributed by atoms with Gasteiger partial charge in [0.25, 0.3) is 0 Å². The van der Waals surface area contributed by atoms with E-state index in [9.17, 15) is 0 Å². The van der Waals surface area contributed by atoms with Gasteiger partial charge in [-0.25, -0.2) is 0 Å². The van der Waals surface area contributed by atoms with Gasteiger partial charge in [0.2, 0.25) is 0 Å². The zero-order chi connectivity index (χ0) is 2.00. The van der Waals surface area contributed by atoms with Crippen molar-refractivity contribution in [1.29, 1.82) is 0 Å². The molecule has 0 bridgehead atoms. The van der Waals surface area contributed by atoms with E-state index in [4.69, 9.17) is 4.25 Å². The SMILES string of the molecule is [Co].[Mn].[OH][Ni]. The molecule has 0 aromatic carbocycles. The van der Waals surface area contributed by atoms with E-state index >= 15 is 0 Å². The molecule has 1 nitrogen and oxygen atoms in total. The quantitative estimate of drug-likeness (QED) is 0.507. The van der Waals surface area contributed by atoms with Crippen molar-refractivity contribution in [2.45, 2.75) is 0 Å². The van der Waals surface area contributed by atoms with Gasteiger partial charge in [-0.1, -0.05) is 0 Å². The van der Waals surface area contributed by atoms with E-state index in [1.54, 1.807) is 0 Å². The first-order chi connectivity index (χ1) is 1.00. The Labute approximate surface area is 53.9 Å². The molecule has 0 aromatic heterocycles. The van der Waals surface area contributed by atoms with E-state index in [0.717, 1.165) is 0 Å². The van der Waals surface area contributed by atoms with Crippen molar-refractivity contribution in [1.82, 2.24) is 0 Å². The van der Waals surface area contributed by atoms with E-state index in [1.807, 2.05) is 0 Å². The van der Waals surface area contributed by atoms with E-state index in [0.29, 0.717) is 0 Å². The molecule has 1 N–H and O–H groups in total. The van der Waals surface area contributed by atoms with Gasteiger partial charge in [-0.15, -0.1) is 0 Å². The first-order valence-electron chi connectivity index (χ1n) is 0.141. The van der Waals surface area contributed by atoms with Crippen molar-refractivity contribution < 1.29 is 53.9 Å². The standard InChI is InChI=1S/Co.Mn.Ni.H2O/h;;;1H2/q;;+1;/p-1. The summed E-state index contributed by atoms with van der Waals surface area (Å²) in [6.45, 7) is 0. The van der Waals surface area contributed by atoms with Crippen LogP contribution in [0.25, 0.3) is 0 Å². The van der Waals surface area contributed by atoms with Gasteiger partial charge in [0.1, 0.15) is 0 Å². The third-order valence-corrected chi connectivity index (χ3v) is 0. The second-order valence-electron chi connectivity index (χ2n) is 0. The van der Waals surface area contributed by atoms with Crippen LogP contribution in [0.5, 0.6) is 0 Å². The molecule has 0 aliphatic rings. The van der Waals surface area contributed by atoms with Crippen LogP contribution in [0.15, 0.2) is 0 Å². The average Bonchev–Trinajstić information content (AvgIpc) is 1.00. The van der Waals surface area contributed by atoms with Gasteiger partial charge in [0, 0.05) is 33.8 Å². The van der Waals surface area contributed by atoms with E-state index in [-0.39, 0.29) is 33.8 Å². The maximum absolute atomic E-state index is 6.62. The summed E-state index contributed by atoms with van der Waals surface area (Å²) in [5.41, 5.74) is 0. The van der Waals surface area contributed by atoms with Crippen LogP contribution in [0.4, 0.5) is 0 Å². The molecule has 0 aliphatic carbocycles. The fraction of sp³-hybridized carbons (Fsp3) is 0. The van der Waals surface area contributed by atoms with Gasteiger partial charge in [-0.3, -0.25) is 0 Å². The van der Waals surface area contributed by atoms with Gasteiger partial charge in [-0.05, 0) is 0 Å². The van der Waals surface area contributed by atoms with Gasteiger partial charge in [0.15, 0.2) is 0 Å². The van der Waals surface area contributed by atoms with Crippen LogP contribution >= 0.6 is 0 Å². The summed E-state index contributed by atoms with van der Waals surface area (Å²) in [4.78, 5) is 0. The Morgan fingerprint density at radius 2 is 1.25 bits per heavy atom. The summed E-state index contributed by atoms with van der Waals surface area (Å²) in [6, 6.07) is 0. The predicted octanol–water partition coefficient (Wildman–Crippen LogP) is -0.565. The zero-order valence-corrected chi connectivity index (χ0v) is 4.68. The molecule has 0 rings (SSSR count). The number of hydrogen-bond acceptors (Lipinski definition) is 1. The van der Waals surface area contributed by atoms with E-state index in [2.05, 4.69) is 15.8 Å². The molecule has 2 radical (unpaired) electrons.